The van der Waals surface area contributed by atoms with E-state index in [0.717, 1.165) is 19.3 Å². The number of thiophene rings is 1. The van der Waals surface area contributed by atoms with Crippen LogP contribution in [0.5, 0.6) is 0 Å². The Kier molecular flexibility index (Phi) is 4.11. The number of aryl methyl sites for hydroxylation is 2. The molecule has 14 heavy (non-hydrogen) atoms. The molecule has 0 aliphatic rings. The third kappa shape index (κ3) is 2.80. The highest BCUT2D eigenvalue weighted by Crippen LogP contribution is 2.21. The standard InChI is InChI=1S/C11H19NOS/c1-3-11(12,8-13)6-4-10-9(2)5-7-14-10/h5,7,13H,3-4,6,8,12H2,1-2H3/t11-/m1/s1. The van der Waals surface area contributed by atoms with Crippen molar-refractivity contribution in [1.29, 1.82) is 0 Å². The molecule has 0 unspecified atom stereocenters. The summed E-state index contributed by atoms with van der Waals surface area (Å²) in [6.45, 7) is 4.22. The number of rotatable bonds is 5. The predicted octanol–water partition coefficient (Wildman–Crippen LogP) is 2.09. The lowest BCUT2D eigenvalue weighted by Crippen LogP contribution is -2.43. The second kappa shape index (κ2) is 4.91. The van der Waals surface area contributed by atoms with Gasteiger partial charge in [0.05, 0.1) is 6.61 Å². The van der Waals surface area contributed by atoms with E-state index >= 15 is 0 Å². The van der Waals surface area contributed by atoms with E-state index in [2.05, 4.69) is 18.4 Å². The average Bonchev–Trinajstić information content (AvgIpc) is 2.61. The van der Waals surface area contributed by atoms with E-state index in [1.165, 1.54) is 10.4 Å². The summed E-state index contributed by atoms with van der Waals surface area (Å²) >= 11 is 1.77. The Labute approximate surface area is 89.8 Å². The van der Waals surface area contributed by atoms with E-state index in [4.69, 9.17) is 10.8 Å². The number of hydrogen-bond acceptors (Lipinski definition) is 3. The third-order valence-electron chi connectivity index (χ3n) is 2.84. The van der Waals surface area contributed by atoms with Gasteiger partial charge in [0.25, 0.3) is 0 Å². The lowest BCUT2D eigenvalue weighted by atomic mass is 9.92. The Balaban J connectivity index is 2.52. The topological polar surface area (TPSA) is 46.2 Å². The highest BCUT2D eigenvalue weighted by Gasteiger charge is 2.21. The lowest BCUT2D eigenvalue weighted by molar-refractivity contribution is 0.183. The number of aliphatic hydroxyl groups is 1. The van der Waals surface area contributed by atoms with Crippen LogP contribution in [0.1, 0.15) is 30.2 Å². The van der Waals surface area contributed by atoms with Gasteiger partial charge in [0.15, 0.2) is 0 Å². The molecular formula is C11H19NOS. The van der Waals surface area contributed by atoms with Crippen molar-refractivity contribution >= 4 is 11.3 Å². The van der Waals surface area contributed by atoms with Gasteiger partial charge in [-0.25, -0.2) is 0 Å². The third-order valence-corrected chi connectivity index (χ3v) is 3.92. The van der Waals surface area contributed by atoms with Gasteiger partial charge in [-0.2, -0.15) is 0 Å². The zero-order valence-corrected chi connectivity index (χ0v) is 9.73. The van der Waals surface area contributed by atoms with E-state index in [1.807, 2.05) is 6.92 Å². The minimum absolute atomic E-state index is 0.0773. The van der Waals surface area contributed by atoms with Crippen LogP contribution in [-0.4, -0.2) is 17.3 Å². The number of aliphatic hydroxyl groups excluding tert-OH is 1. The van der Waals surface area contributed by atoms with Crippen molar-refractivity contribution in [3.05, 3.63) is 21.9 Å². The van der Waals surface area contributed by atoms with Crippen LogP contribution < -0.4 is 5.73 Å². The first-order valence-corrected chi connectivity index (χ1v) is 5.92. The highest BCUT2D eigenvalue weighted by molar-refractivity contribution is 7.10. The fourth-order valence-electron chi connectivity index (χ4n) is 1.39. The van der Waals surface area contributed by atoms with E-state index < -0.39 is 5.54 Å². The van der Waals surface area contributed by atoms with E-state index in [-0.39, 0.29) is 6.61 Å². The Morgan fingerprint density at radius 2 is 2.29 bits per heavy atom. The van der Waals surface area contributed by atoms with Gasteiger partial charge in [-0.1, -0.05) is 6.92 Å². The van der Waals surface area contributed by atoms with Crippen molar-refractivity contribution in [1.82, 2.24) is 0 Å². The van der Waals surface area contributed by atoms with Gasteiger partial charge in [-0.3, -0.25) is 0 Å². The average molecular weight is 213 g/mol. The van der Waals surface area contributed by atoms with Crippen molar-refractivity contribution in [2.24, 2.45) is 5.73 Å². The molecule has 3 heteroatoms. The van der Waals surface area contributed by atoms with Gasteiger partial charge in [-0.15, -0.1) is 11.3 Å². The van der Waals surface area contributed by atoms with Crippen LogP contribution in [0, 0.1) is 6.92 Å². The first kappa shape index (κ1) is 11.7. The molecule has 0 radical (unpaired) electrons. The summed E-state index contributed by atoms with van der Waals surface area (Å²) < 4.78 is 0. The molecule has 0 amide bonds. The fraction of sp³-hybridized carbons (Fsp3) is 0.636. The molecule has 0 spiro atoms. The van der Waals surface area contributed by atoms with Crippen molar-refractivity contribution in [3.8, 4) is 0 Å². The van der Waals surface area contributed by atoms with Crippen molar-refractivity contribution in [2.45, 2.75) is 38.6 Å². The van der Waals surface area contributed by atoms with Gasteiger partial charge in [0.2, 0.25) is 0 Å². The molecule has 0 aromatic carbocycles. The zero-order valence-electron chi connectivity index (χ0n) is 8.92. The molecule has 80 valence electrons. The van der Waals surface area contributed by atoms with Gasteiger partial charge >= 0.3 is 0 Å². The minimum atomic E-state index is -0.392. The summed E-state index contributed by atoms with van der Waals surface area (Å²) in [5.41, 5.74) is 6.96. The van der Waals surface area contributed by atoms with E-state index in [0.29, 0.717) is 0 Å². The van der Waals surface area contributed by atoms with Crippen LogP contribution >= 0.6 is 11.3 Å². The molecule has 2 nitrogen and oxygen atoms in total. The molecule has 1 heterocycles. The molecule has 0 aliphatic heterocycles. The molecule has 1 aromatic rings. The van der Waals surface area contributed by atoms with Gasteiger partial charge in [-0.05, 0) is 43.2 Å². The molecule has 0 saturated heterocycles. The maximum absolute atomic E-state index is 9.16. The summed E-state index contributed by atoms with van der Waals surface area (Å²) in [4.78, 5) is 1.39. The molecule has 3 N–H and O–H groups in total. The molecule has 0 fully saturated rings. The fourth-order valence-corrected chi connectivity index (χ4v) is 2.30. The Morgan fingerprint density at radius 1 is 1.57 bits per heavy atom. The molecular weight excluding hydrogens is 194 g/mol. The molecule has 0 bridgehead atoms. The highest BCUT2D eigenvalue weighted by atomic mass is 32.1. The Morgan fingerprint density at radius 3 is 2.71 bits per heavy atom. The minimum Gasteiger partial charge on any atom is -0.394 e. The van der Waals surface area contributed by atoms with Gasteiger partial charge in [0.1, 0.15) is 0 Å². The molecule has 0 saturated carbocycles. The molecule has 0 aliphatic carbocycles. The summed E-state index contributed by atoms with van der Waals surface area (Å²) in [6, 6.07) is 2.13. The van der Waals surface area contributed by atoms with Crippen LogP contribution in [-0.2, 0) is 6.42 Å². The largest absolute Gasteiger partial charge is 0.394 e. The summed E-state index contributed by atoms with van der Waals surface area (Å²) in [5, 5.41) is 11.3. The van der Waals surface area contributed by atoms with Crippen molar-refractivity contribution in [2.75, 3.05) is 6.61 Å². The maximum Gasteiger partial charge on any atom is 0.0611 e. The summed E-state index contributed by atoms with van der Waals surface area (Å²) in [6.07, 6.45) is 2.67. The van der Waals surface area contributed by atoms with Crippen LogP contribution in [0.15, 0.2) is 11.4 Å². The SMILES string of the molecule is CC[C@](N)(CO)CCc1sccc1C. The quantitative estimate of drug-likeness (QED) is 0.786. The molecule has 1 atom stereocenters. The second-order valence-corrected chi connectivity index (χ2v) is 4.90. The van der Waals surface area contributed by atoms with E-state index in [9.17, 15) is 0 Å². The van der Waals surface area contributed by atoms with Crippen molar-refractivity contribution in [3.63, 3.8) is 0 Å². The van der Waals surface area contributed by atoms with Gasteiger partial charge < -0.3 is 10.8 Å². The lowest BCUT2D eigenvalue weighted by Gasteiger charge is -2.25. The normalized spacial score (nSPS) is 15.4. The van der Waals surface area contributed by atoms with Crippen LogP contribution in [0.25, 0.3) is 0 Å². The summed E-state index contributed by atoms with van der Waals surface area (Å²) in [5.74, 6) is 0. The smallest absolute Gasteiger partial charge is 0.0611 e. The maximum atomic E-state index is 9.16. The zero-order chi connectivity index (χ0) is 10.6. The van der Waals surface area contributed by atoms with Crippen LogP contribution in [0.2, 0.25) is 0 Å². The van der Waals surface area contributed by atoms with Crippen LogP contribution in [0.3, 0.4) is 0 Å². The molecule has 1 rings (SSSR count). The van der Waals surface area contributed by atoms with Gasteiger partial charge in [0, 0.05) is 10.4 Å². The Hall–Kier alpha value is -0.380. The van der Waals surface area contributed by atoms with E-state index in [1.54, 1.807) is 11.3 Å². The predicted molar refractivity (Wildman–Crippen MR) is 61.7 cm³/mol. The van der Waals surface area contributed by atoms with Crippen molar-refractivity contribution < 1.29 is 5.11 Å². The second-order valence-electron chi connectivity index (χ2n) is 3.90. The first-order valence-electron chi connectivity index (χ1n) is 5.04. The van der Waals surface area contributed by atoms with Crippen LogP contribution in [0.4, 0.5) is 0 Å². The molecule has 1 aromatic heterocycles. The number of nitrogens with two attached hydrogens (primary N) is 1. The Bertz CT molecular complexity index is 279. The number of hydrogen-bond donors (Lipinski definition) is 2. The summed E-state index contributed by atoms with van der Waals surface area (Å²) in [7, 11) is 0. The monoisotopic (exact) mass is 213 g/mol. The first-order chi connectivity index (χ1) is 6.61.